The second-order valence-corrected chi connectivity index (χ2v) is 6.05. The first kappa shape index (κ1) is 13.5. The summed E-state index contributed by atoms with van der Waals surface area (Å²) in [5, 5.41) is 4.35. The van der Waals surface area contributed by atoms with Crippen molar-refractivity contribution in [1.29, 1.82) is 0 Å². The molecule has 0 fully saturated rings. The van der Waals surface area contributed by atoms with E-state index in [0.29, 0.717) is 5.92 Å². The van der Waals surface area contributed by atoms with Gasteiger partial charge in [0.1, 0.15) is 0 Å². The molecule has 0 saturated carbocycles. The van der Waals surface area contributed by atoms with Gasteiger partial charge in [-0.2, -0.15) is 0 Å². The number of allylic oxidation sites excluding steroid dienone is 2. The second-order valence-electron chi connectivity index (χ2n) is 5.64. The fourth-order valence-corrected chi connectivity index (χ4v) is 2.99. The molecule has 18 heavy (non-hydrogen) atoms. The molecule has 0 bridgehead atoms. The van der Waals surface area contributed by atoms with Crippen LogP contribution in [0.15, 0.2) is 29.8 Å². The molecule has 0 heterocycles. The second kappa shape index (κ2) is 5.79. The fourth-order valence-electron chi connectivity index (χ4n) is 2.81. The lowest BCUT2D eigenvalue weighted by molar-refractivity contribution is 0.421. The maximum Gasteiger partial charge on any atom is 0.0455 e. The standard InChI is InChI=1S/C16H22ClN/c1-11-6-12(2)8-14(7-11)10-18-15-5-4-13(3)16(17)9-15/h4-6,9,11,14,18H,7-8,10H2,1-3H3. The van der Waals surface area contributed by atoms with Gasteiger partial charge in [0.2, 0.25) is 0 Å². The summed E-state index contributed by atoms with van der Waals surface area (Å²) in [7, 11) is 0. The third kappa shape index (κ3) is 3.52. The van der Waals surface area contributed by atoms with Gasteiger partial charge in [0, 0.05) is 17.3 Å². The van der Waals surface area contributed by atoms with E-state index < -0.39 is 0 Å². The van der Waals surface area contributed by atoms with Gasteiger partial charge < -0.3 is 5.32 Å². The first-order valence-electron chi connectivity index (χ1n) is 6.72. The van der Waals surface area contributed by atoms with Gasteiger partial charge in [0.05, 0.1) is 0 Å². The number of hydrogen-bond acceptors (Lipinski definition) is 1. The summed E-state index contributed by atoms with van der Waals surface area (Å²) in [6, 6.07) is 6.20. The van der Waals surface area contributed by atoms with Crippen molar-refractivity contribution in [1.82, 2.24) is 0 Å². The van der Waals surface area contributed by atoms with Crippen LogP contribution in [0.1, 0.15) is 32.3 Å². The van der Waals surface area contributed by atoms with Crippen molar-refractivity contribution in [3.05, 3.63) is 40.4 Å². The van der Waals surface area contributed by atoms with Gasteiger partial charge >= 0.3 is 0 Å². The zero-order chi connectivity index (χ0) is 13.1. The van der Waals surface area contributed by atoms with Crippen LogP contribution in [0, 0.1) is 18.8 Å². The molecular weight excluding hydrogens is 242 g/mol. The van der Waals surface area contributed by atoms with Gasteiger partial charge in [0.15, 0.2) is 0 Å². The Morgan fingerprint density at radius 1 is 1.33 bits per heavy atom. The molecule has 1 nitrogen and oxygen atoms in total. The summed E-state index contributed by atoms with van der Waals surface area (Å²) in [5.74, 6) is 1.46. The van der Waals surface area contributed by atoms with Crippen molar-refractivity contribution in [2.45, 2.75) is 33.6 Å². The first-order valence-corrected chi connectivity index (χ1v) is 7.09. The summed E-state index contributed by atoms with van der Waals surface area (Å²) < 4.78 is 0. The Balaban J connectivity index is 1.92. The van der Waals surface area contributed by atoms with Crippen LogP contribution in [0.5, 0.6) is 0 Å². The normalized spacial score (nSPS) is 23.7. The Morgan fingerprint density at radius 3 is 2.78 bits per heavy atom. The largest absolute Gasteiger partial charge is 0.385 e. The highest BCUT2D eigenvalue weighted by Crippen LogP contribution is 2.28. The predicted octanol–water partition coefficient (Wildman–Crippen LogP) is 5.05. The van der Waals surface area contributed by atoms with Crippen molar-refractivity contribution in [2.75, 3.05) is 11.9 Å². The number of nitrogens with one attached hydrogen (secondary N) is 1. The van der Waals surface area contributed by atoms with E-state index in [1.807, 2.05) is 13.0 Å². The molecule has 1 N–H and O–H groups in total. The summed E-state index contributed by atoms with van der Waals surface area (Å²) in [6.45, 7) is 7.61. The quantitative estimate of drug-likeness (QED) is 0.753. The molecule has 0 radical (unpaired) electrons. The number of aryl methyl sites for hydroxylation is 1. The SMILES string of the molecule is CC1=CC(C)CC(CNc2ccc(C)c(Cl)c2)C1. The molecule has 1 aromatic carbocycles. The van der Waals surface area contributed by atoms with E-state index in [2.05, 4.69) is 37.4 Å². The highest BCUT2D eigenvalue weighted by atomic mass is 35.5. The molecule has 2 heteroatoms. The van der Waals surface area contributed by atoms with Crippen LogP contribution in [-0.4, -0.2) is 6.54 Å². The molecule has 0 spiro atoms. The molecule has 1 aliphatic carbocycles. The number of benzene rings is 1. The average molecular weight is 264 g/mol. The van der Waals surface area contributed by atoms with E-state index in [1.54, 1.807) is 0 Å². The Bertz CT molecular complexity index is 450. The molecule has 1 aromatic rings. The van der Waals surface area contributed by atoms with E-state index in [1.165, 1.54) is 18.4 Å². The van der Waals surface area contributed by atoms with E-state index >= 15 is 0 Å². The van der Waals surface area contributed by atoms with Crippen LogP contribution < -0.4 is 5.32 Å². The molecule has 0 saturated heterocycles. The third-order valence-electron chi connectivity index (χ3n) is 3.65. The van der Waals surface area contributed by atoms with Gasteiger partial charge in [-0.15, -0.1) is 0 Å². The van der Waals surface area contributed by atoms with Crippen LogP contribution in [0.4, 0.5) is 5.69 Å². The molecule has 0 amide bonds. The monoisotopic (exact) mass is 263 g/mol. The molecule has 2 atom stereocenters. The topological polar surface area (TPSA) is 12.0 Å². The Morgan fingerprint density at radius 2 is 2.11 bits per heavy atom. The lowest BCUT2D eigenvalue weighted by Crippen LogP contribution is -2.20. The van der Waals surface area contributed by atoms with Gasteiger partial charge in [-0.1, -0.05) is 36.2 Å². The molecule has 0 aromatic heterocycles. The minimum Gasteiger partial charge on any atom is -0.385 e. The van der Waals surface area contributed by atoms with Gasteiger partial charge in [-0.25, -0.2) is 0 Å². The van der Waals surface area contributed by atoms with Crippen LogP contribution in [0.25, 0.3) is 0 Å². The fraction of sp³-hybridized carbons (Fsp3) is 0.500. The average Bonchev–Trinajstić information content (AvgIpc) is 2.29. The molecule has 2 unspecified atom stereocenters. The molecule has 98 valence electrons. The summed E-state index contributed by atoms with van der Waals surface area (Å²) in [6.07, 6.45) is 4.90. The van der Waals surface area contributed by atoms with Crippen molar-refractivity contribution < 1.29 is 0 Å². The van der Waals surface area contributed by atoms with Crippen molar-refractivity contribution >= 4 is 17.3 Å². The lowest BCUT2D eigenvalue weighted by atomic mass is 9.84. The maximum absolute atomic E-state index is 6.13. The smallest absolute Gasteiger partial charge is 0.0455 e. The highest BCUT2D eigenvalue weighted by Gasteiger charge is 2.17. The summed E-state index contributed by atoms with van der Waals surface area (Å²) in [4.78, 5) is 0. The first-order chi connectivity index (χ1) is 8.54. The van der Waals surface area contributed by atoms with Gasteiger partial charge in [0.25, 0.3) is 0 Å². The summed E-state index contributed by atoms with van der Waals surface area (Å²) in [5.41, 5.74) is 3.79. The number of rotatable bonds is 3. The number of hydrogen-bond donors (Lipinski definition) is 1. The van der Waals surface area contributed by atoms with E-state index in [4.69, 9.17) is 11.6 Å². The molecular formula is C16H22ClN. The lowest BCUT2D eigenvalue weighted by Gasteiger charge is -2.26. The zero-order valence-corrected chi connectivity index (χ0v) is 12.2. The van der Waals surface area contributed by atoms with Crippen LogP contribution in [-0.2, 0) is 0 Å². The van der Waals surface area contributed by atoms with E-state index in [-0.39, 0.29) is 0 Å². The molecule has 2 rings (SSSR count). The third-order valence-corrected chi connectivity index (χ3v) is 4.06. The Labute approximate surface area is 115 Å². The predicted molar refractivity (Wildman–Crippen MR) is 80.3 cm³/mol. The number of anilines is 1. The zero-order valence-electron chi connectivity index (χ0n) is 11.5. The molecule has 1 aliphatic rings. The van der Waals surface area contributed by atoms with Crippen LogP contribution >= 0.6 is 11.6 Å². The van der Waals surface area contributed by atoms with Crippen molar-refractivity contribution in [3.8, 4) is 0 Å². The Kier molecular flexibility index (Phi) is 4.34. The highest BCUT2D eigenvalue weighted by molar-refractivity contribution is 6.31. The van der Waals surface area contributed by atoms with Gasteiger partial charge in [-0.05, 0) is 56.2 Å². The van der Waals surface area contributed by atoms with Crippen LogP contribution in [0.3, 0.4) is 0 Å². The van der Waals surface area contributed by atoms with Crippen molar-refractivity contribution in [3.63, 3.8) is 0 Å². The minimum atomic E-state index is 0.715. The van der Waals surface area contributed by atoms with Crippen molar-refractivity contribution in [2.24, 2.45) is 11.8 Å². The maximum atomic E-state index is 6.13. The van der Waals surface area contributed by atoms with Gasteiger partial charge in [-0.3, -0.25) is 0 Å². The Hall–Kier alpha value is -0.950. The number of halogens is 1. The summed E-state index contributed by atoms with van der Waals surface area (Å²) >= 11 is 6.13. The van der Waals surface area contributed by atoms with E-state index in [9.17, 15) is 0 Å². The van der Waals surface area contributed by atoms with E-state index in [0.717, 1.165) is 28.7 Å². The minimum absolute atomic E-state index is 0.715. The van der Waals surface area contributed by atoms with Crippen LogP contribution in [0.2, 0.25) is 5.02 Å². The molecule has 0 aliphatic heterocycles.